The normalized spacial score (nSPS) is 18.3. The van der Waals surface area contributed by atoms with Crippen molar-refractivity contribution < 1.29 is 32.3 Å². The quantitative estimate of drug-likeness (QED) is 0.386. The third kappa shape index (κ3) is 3.06. The van der Waals surface area contributed by atoms with Gasteiger partial charge in [-0.2, -0.15) is 0 Å². The van der Waals surface area contributed by atoms with E-state index in [-0.39, 0.29) is 28.1 Å². The zero-order valence-corrected chi connectivity index (χ0v) is 15.5. The summed E-state index contributed by atoms with van der Waals surface area (Å²) < 4.78 is 46.8. The van der Waals surface area contributed by atoms with Gasteiger partial charge in [0.05, 0.1) is 17.5 Å². The molecule has 3 aromatic rings. The number of rotatable bonds is 3. The Morgan fingerprint density at radius 2 is 1.80 bits per heavy atom. The summed E-state index contributed by atoms with van der Waals surface area (Å²) in [5.74, 6) is -5.12. The fourth-order valence-corrected chi connectivity index (χ4v) is 3.42. The first-order valence-corrected chi connectivity index (χ1v) is 8.85. The molecule has 0 bridgehead atoms. The van der Waals surface area contributed by atoms with E-state index < -0.39 is 40.9 Å². The zero-order chi connectivity index (χ0) is 21.6. The van der Waals surface area contributed by atoms with Crippen molar-refractivity contribution in [2.45, 2.75) is 13.0 Å². The molecular weight excluding hydrogens is 399 g/mol. The van der Waals surface area contributed by atoms with Crippen molar-refractivity contribution in [2.24, 2.45) is 0 Å². The predicted octanol–water partition coefficient (Wildman–Crippen LogP) is 4.63. The van der Waals surface area contributed by atoms with Crippen molar-refractivity contribution >= 4 is 23.1 Å². The molecule has 1 fully saturated rings. The molecule has 1 aliphatic heterocycles. The van der Waals surface area contributed by atoms with Crippen molar-refractivity contribution in [3.8, 4) is 0 Å². The molecule has 1 aliphatic rings. The third-order valence-corrected chi connectivity index (χ3v) is 4.86. The van der Waals surface area contributed by atoms with Crippen LogP contribution in [0.25, 0.3) is 5.76 Å². The van der Waals surface area contributed by atoms with Crippen molar-refractivity contribution in [3.05, 3.63) is 94.7 Å². The smallest absolute Gasteiger partial charge is 0.300 e. The van der Waals surface area contributed by atoms with E-state index in [0.29, 0.717) is 6.07 Å². The Hall–Kier alpha value is -3.81. The number of furan rings is 1. The number of hydrogen-bond acceptors (Lipinski definition) is 4. The maximum Gasteiger partial charge on any atom is 0.300 e. The van der Waals surface area contributed by atoms with Gasteiger partial charge in [-0.05, 0) is 55.0 Å². The van der Waals surface area contributed by atoms with Gasteiger partial charge in [0.25, 0.3) is 11.7 Å². The molecule has 1 amide bonds. The van der Waals surface area contributed by atoms with Crippen LogP contribution in [0.15, 0.2) is 64.8 Å². The number of aryl methyl sites for hydroxylation is 1. The number of amides is 1. The van der Waals surface area contributed by atoms with E-state index in [1.807, 2.05) is 0 Å². The molecule has 2 aromatic carbocycles. The van der Waals surface area contributed by atoms with E-state index in [2.05, 4.69) is 0 Å². The Morgan fingerprint density at radius 1 is 1.03 bits per heavy atom. The Bertz CT molecular complexity index is 1200. The van der Waals surface area contributed by atoms with E-state index in [4.69, 9.17) is 4.42 Å². The van der Waals surface area contributed by atoms with E-state index in [9.17, 15) is 27.9 Å². The van der Waals surface area contributed by atoms with Crippen LogP contribution in [0.1, 0.15) is 22.9 Å². The molecule has 8 heteroatoms. The van der Waals surface area contributed by atoms with Gasteiger partial charge in [-0.1, -0.05) is 0 Å². The first kappa shape index (κ1) is 19.5. The molecule has 0 saturated carbocycles. The number of benzene rings is 2. The monoisotopic (exact) mass is 413 g/mol. The molecule has 1 saturated heterocycles. The molecule has 4 rings (SSSR count). The summed E-state index contributed by atoms with van der Waals surface area (Å²) in [6.07, 6.45) is 1.29. The number of aliphatic hydroxyl groups is 1. The number of aliphatic hydroxyl groups excluding tert-OH is 1. The Morgan fingerprint density at radius 3 is 2.43 bits per heavy atom. The summed E-state index contributed by atoms with van der Waals surface area (Å²) in [5.41, 5.74) is -0.394. The van der Waals surface area contributed by atoms with Gasteiger partial charge >= 0.3 is 0 Å². The standard InChI is InChI=1S/C22H14F3NO4/c1-11-9-12(4-6-14(11)24)20(27)18-19(17-3-2-8-30-17)26(22(29)21(18)28)16-7-5-13(23)10-15(16)25/h2-10,19,27H,1H3/b20-18-. The molecule has 0 radical (unpaired) electrons. The first-order valence-electron chi connectivity index (χ1n) is 8.85. The van der Waals surface area contributed by atoms with Gasteiger partial charge in [-0.3, -0.25) is 14.5 Å². The Balaban J connectivity index is 1.95. The van der Waals surface area contributed by atoms with Crippen molar-refractivity contribution in [1.82, 2.24) is 0 Å². The second-order valence-corrected chi connectivity index (χ2v) is 6.74. The molecular formula is C22H14F3NO4. The number of carbonyl (C=O) groups is 2. The molecule has 5 nitrogen and oxygen atoms in total. The van der Waals surface area contributed by atoms with Crippen LogP contribution in [0.5, 0.6) is 0 Å². The minimum atomic E-state index is -1.30. The summed E-state index contributed by atoms with van der Waals surface area (Å²) in [7, 11) is 0. The molecule has 1 N–H and O–H groups in total. The summed E-state index contributed by atoms with van der Waals surface area (Å²) in [6, 6.07) is 7.88. The SMILES string of the molecule is Cc1cc(/C(O)=C2/C(=O)C(=O)N(c3ccc(F)cc3F)C2c2ccco2)ccc1F. The zero-order valence-electron chi connectivity index (χ0n) is 15.5. The molecule has 1 aromatic heterocycles. The minimum Gasteiger partial charge on any atom is -0.507 e. The predicted molar refractivity (Wildman–Crippen MR) is 101 cm³/mol. The van der Waals surface area contributed by atoms with Gasteiger partial charge < -0.3 is 9.52 Å². The van der Waals surface area contributed by atoms with Crippen molar-refractivity contribution in [1.29, 1.82) is 0 Å². The van der Waals surface area contributed by atoms with Gasteiger partial charge in [-0.25, -0.2) is 13.2 Å². The summed E-state index contributed by atoms with van der Waals surface area (Å²) >= 11 is 0. The van der Waals surface area contributed by atoms with E-state index in [0.717, 1.165) is 23.1 Å². The number of hydrogen-bond donors (Lipinski definition) is 1. The average Bonchev–Trinajstić information content (AvgIpc) is 3.31. The highest BCUT2D eigenvalue weighted by Crippen LogP contribution is 2.43. The topological polar surface area (TPSA) is 70.8 Å². The highest BCUT2D eigenvalue weighted by Gasteiger charge is 2.49. The largest absolute Gasteiger partial charge is 0.507 e. The molecule has 2 heterocycles. The molecule has 0 aliphatic carbocycles. The highest BCUT2D eigenvalue weighted by atomic mass is 19.1. The number of nitrogens with zero attached hydrogens (tertiary/aromatic N) is 1. The van der Waals surface area contributed by atoms with E-state index >= 15 is 0 Å². The number of Topliss-reactive ketones (excluding diaryl/α,β-unsaturated/α-hetero) is 1. The van der Waals surface area contributed by atoms with Crippen LogP contribution in [-0.4, -0.2) is 16.8 Å². The van der Waals surface area contributed by atoms with Gasteiger partial charge in [0.2, 0.25) is 0 Å². The van der Waals surface area contributed by atoms with E-state index in [1.165, 1.54) is 37.5 Å². The van der Waals surface area contributed by atoms with Gasteiger partial charge in [0, 0.05) is 11.6 Å². The lowest BCUT2D eigenvalue weighted by atomic mass is 9.98. The van der Waals surface area contributed by atoms with Crippen LogP contribution >= 0.6 is 0 Å². The third-order valence-electron chi connectivity index (χ3n) is 4.86. The number of halogens is 3. The van der Waals surface area contributed by atoms with Gasteiger partial charge in [0.1, 0.15) is 35.0 Å². The lowest BCUT2D eigenvalue weighted by Gasteiger charge is -2.23. The second-order valence-electron chi connectivity index (χ2n) is 6.74. The minimum absolute atomic E-state index is 0.0818. The van der Waals surface area contributed by atoms with Crippen LogP contribution in [0.4, 0.5) is 18.9 Å². The molecule has 152 valence electrons. The summed E-state index contributed by atoms with van der Waals surface area (Å²) in [4.78, 5) is 26.4. The molecule has 30 heavy (non-hydrogen) atoms. The Kier molecular flexibility index (Phi) is 4.69. The number of anilines is 1. The van der Waals surface area contributed by atoms with Crippen LogP contribution < -0.4 is 4.90 Å². The molecule has 1 atom stereocenters. The first-order chi connectivity index (χ1) is 14.3. The fraction of sp³-hybridized carbons (Fsp3) is 0.0909. The maximum absolute atomic E-state index is 14.5. The van der Waals surface area contributed by atoms with Crippen LogP contribution in [0, 0.1) is 24.4 Å². The summed E-state index contributed by atoms with van der Waals surface area (Å²) in [5, 5.41) is 10.8. The van der Waals surface area contributed by atoms with E-state index in [1.54, 1.807) is 0 Å². The van der Waals surface area contributed by atoms with Gasteiger partial charge in [0.15, 0.2) is 0 Å². The maximum atomic E-state index is 14.5. The second kappa shape index (κ2) is 7.22. The van der Waals surface area contributed by atoms with Crippen molar-refractivity contribution in [3.63, 3.8) is 0 Å². The average molecular weight is 413 g/mol. The van der Waals surface area contributed by atoms with Crippen molar-refractivity contribution in [2.75, 3.05) is 4.90 Å². The lowest BCUT2D eigenvalue weighted by Crippen LogP contribution is -2.30. The van der Waals surface area contributed by atoms with Crippen LogP contribution in [0.2, 0.25) is 0 Å². The lowest BCUT2D eigenvalue weighted by molar-refractivity contribution is -0.132. The van der Waals surface area contributed by atoms with Crippen LogP contribution in [0.3, 0.4) is 0 Å². The fourth-order valence-electron chi connectivity index (χ4n) is 3.42. The van der Waals surface area contributed by atoms with Gasteiger partial charge in [-0.15, -0.1) is 0 Å². The molecule has 1 unspecified atom stereocenters. The van der Waals surface area contributed by atoms with Crippen LogP contribution in [-0.2, 0) is 9.59 Å². The Labute approximate surface area is 168 Å². The highest BCUT2D eigenvalue weighted by molar-refractivity contribution is 6.51. The summed E-state index contributed by atoms with van der Waals surface area (Å²) in [6.45, 7) is 1.47. The molecule has 0 spiro atoms. The number of carbonyl (C=O) groups excluding carboxylic acids is 2. The number of ketones is 1.